The Bertz CT molecular complexity index is 1340. The van der Waals surface area contributed by atoms with Crippen molar-refractivity contribution in [3.05, 3.63) is 77.5 Å². The molecule has 3 aromatic rings. The zero-order valence-corrected chi connectivity index (χ0v) is 18.7. The highest BCUT2D eigenvalue weighted by Crippen LogP contribution is 2.31. The molecule has 1 amide bonds. The summed E-state index contributed by atoms with van der Waals surface area (Å²) in [6.45, 7) is -0.217. The van der Waals surface area contributed by atoms with Gasteiger partial charge in [0.15, 0.2) is 0 Å². The van der Waals surface area contributed by atoms with Crippen molar-refractivity contribution in [1.82, 2.24) is 4.98 Å². The number of pyridine rings is 1. The average molecular weight is 492 g/mol. The number of nitrogens with zero attached hydrogens (tertiary/aromatic N) is 3. The highest BCUT2D eigenvalue weighted by molar-refractivity contribution is 6.00. The molecule has 1 aliphatic carbocycles. The van der Waals surface area contributed by atoms with Crippen molar-refractivity contribution in [2.75, 3.05) is 11.9 Å². The number of nitrogens with one attached hydrogen (secondary N) is 1. The number of carbonyl (C=O) groups is 2. The number of aromatic nitrogens is 1. The maximum absolute atomic E-state index is 12.8. The van der Waals surface area contributed by atoms with E-state index in [1.54, 1.807) is 30.3 Å². The number of carbonyl (C=O) groups excluding carboxylic acids is 2. The molecule has 7 nitrogen and oxygen atoms in total. The molecule has 1 saturated carbocycles. The molecule has 36 heavy (non-hydrogen) atoms. The summed E-state index contributed by atoms with van der Waals surface area (Å²) in [5.74, 6) is -0.924. The third-order valence-corrected chi connectivity index (χ3v) is 5.25. The molecule has 4 rings (SSSR count). The number of hydrogen-bond donors (Lipinski definition) is 1. The van der Waals surface area contributed by atoms with E-state index in [-0.39, 0.29) is 35.6 Å². The normalized spacial score (nSPS) is 13.3. The summed E-state index contributed by atoms with van der Waals surface area (Å²) >= 11 is 0. The third kappa shape index (κ3) is 6.76. The Morgan fingerprint density at radius 2 is 1.78 bits per heavy atom. The fraction of sp³-hybridized carbons (Fsp3) is 0.192. The predicted octanol–water partition coefficient (Wildman–Crippen LogP) is 5.17. The molecule has 0 aliphatic heterocycles. The molecule has 0 saturated heterocycles. The second-order valence-corrected chi connectivity index (χ2v) is 8.09. The Hall–Kier alpha value is -4.52. The van der Waals surface area contributed by atoms with E-state index in [0.717, 1.165) is 25.0 Å². The van der Waals surface area contributed by atoms with Crippen molar-refractivity contribution in [1.29, 1.82) is 5.26 Å². The minimum absolute atomic E-state index is 0.0474. The average Bonchev–Trinajstić information content (AvgIpc) is 3.69. The zero-order valence-electron chi connectivity index (χ0n) is 18.7. The number of hydrogen-bond acceptors (Lipinski definition) is 6. The van der Waals surface area contributed by atoms with Crippen molar-refractivity contribution >= 4 is 23.7 Å². The van der Waals surface area contributed by atoms with Crippen LogP contribution < -0.4 is 10.1 Å². The lowest BCUT2D eigenvalue weighted by atomic mass is 10.0. The number of ether oxygens (including phenoxy) is 1. The Morgan fingerprint density at radius 1 is 1.08 bits per heavy atom. The minimum atomic E-state index is -4.81. The quantitative estimate of drug-likeness (QED) is 0.345. The van der Waals surface area contributed by atoms with E-state index in [2.05, 4.69) is 20.0 Å². The Balaban J connectivity index is 1.56. The molecule has 0 atom stereocenters. The van der Waals surface area contributed by atoms with Gasteiger partial charge in [0.05, 0.1) is 11.6 Å². The van der Waals surface area contributed by atoms with Gasteiger partial charge in [0.1, 0.15) is 23.8 Å². The summed E-state index contributed by atoms with van der Waals surface area (Å²) in [6, 6.07) is 16.9. The predicted molar refractivity (Wildman–Crippen MR) is 126 cm³/mol. The lowest BCUT2D eigenvalue weighted by molar-refractivity contribution is -0.274. The summed E-state index contributed by atoms with van der Waals surface area (Å²) < 4.78 is 41.3. The number of ketones is 1. The third-order valence-electron chi connectivity index (χ3n) is 5.25. The van der Waals surface area contributed by atoms with Gasteiger partial charge in [0.25, 0.3) is 0 Å². The van der Waals surface area contributed by atoms with Gasteiger partial charge >= 0.3 is 6.36 Å². The molecule has 1 fully saturated rings. The highest BCUT2D eigenvalue weighted by Gasteiger charge is 2.31. The van der Waals surface area contributed by atoms with Gasteiger partial charge in [-0.1, -0.05) is 24.3 Å². The molecule has 10 heteroatoms. The van der Waals surface area contributed by atoms with Crippen LogP contribution in [0.5, 0.6) is 5.75 Å². The van der Waals surface area contributed by atoms with Crippen molar-refractivity contribution in [2.45, 2.75) is 19.2 Å². The first kappa shape index (κ1) is 24.6. The molecule has 2 aromatic carbocycles. The van der Waals surface area contributed by atoms with Crippen LogP contribution in [0.3, 0.4) is 0 Å². The van der Waals surface area contributed by atoms with Gasteiger partial charge in [-0.2, -0.15) is 5.26 Å². The summed E-state index contributed by atoms with van der Waals surface area (Å²) in [4.78, 5) is 33.5. The van der Waals surface area contributed by atoms with Crippen LogP contribution in [0.4, 0.5) is 19.0 Å². The Morgan fingerprint density at radius 3 is 2.39 bits per heavy atom. The fourth-order valence-electron chi connectivity index (χ4n) is 3.29. The van der Waals surface area contributed by atoms with Gasteiger partial charge in [-0.3, -0.25) is 14.6 Å². The molecule has 1 aromatic heterocycles. The summed E-state index contributed by atoms with van der Waals surface area (Å²) in [7, 11) is 0. The molecule has 1 N–H and O–H groups in total. The smallest absolute Gasteiger partial charge is 0.406 e. The van der Waals surface area contributed by atoms with Gasteiger partial charge in [-0.05, 0) is 65.9 Å². The van der Waals surface area contributed by atoms with Crippen LogP contribution in [-0.2, 0) is 4.79 Å². The maximum Gasteiger partial charge on any atom is 0.573 e. The van der Waals surface area contributed by atoms with E-state index >= 15 is 0 Å². The first-order chi connectivity index (χ1) is 17.2. The number of anilines is 1. The number of alkyl halides is 3. The number of Topliss-reactive ketones (excluding diaryl/α,β-unsaturated/α-hetero) is 1. The van der Waals surface area contributed by atoms with Crippen LogP contribution in [0, 0.1) is 17.2 Å². The zero-order chi connectivity index (χ0) is 25.7. The Labute approximate surface area is 204 Å². The van der Waals surface area contributed by atoms with Gasteiger partial charge < -0.3 is 10.1 Å². The molecule has 0 unspecified atom stereocenters. The summed E-state index contributed by atoms with van der Waals surface area (Å²) in [5, 5.41) is 11.6. The van der Waals surface area contributed by atoms with E-state index in [1.165, 1.54) is 24.4 Å². The monoisotopic (exact) mass is 492 g/mol. The summed E-state index contributed by atoms with van der Waals surface area (Å²) in [5.41, 5.74) is 2.24. The molecule has 1 heterocycles. The first-order valence-electron chi connectivity index (χ1n) is 10.9. The SMILES string of the molecule is N#Cc1ccc(C=NCC(=O)c2cc(-c3ccc(OC(F)(F)F)cc3)cc(NC(=O)C3CC3)n2)cc1. The van der Waals surface area contributed by atoms with E-state index in [1.807, 2.05) is 6.07 Å². The number of halogens is 3. The molecule has 182 valence electrons. The molecular weight excluding hydrogens is 473 g/mol. The van der Waals surface area contributed by atoms with Crippen LogP contribution in [-0.4, -0.2) is 35.8 Å². The van der Waals surface area contributed by atoms with Crippen molar-refractivity contribution in [3.63, 3.8) is 0 Å². The van der Waals surface area contributed by atoms with Gasteiger partial charge in [0, 0.05) is 12.1 Å². The standard InChI is InChI=1S/C26H19F3N4O3/c27-26(28,29)36-21-9-7-18(8-10-21)20-11-22(32-24(12-20)33-25(35)19-5-6-19)23(34)15-31-14-17-3-1-16(13-30)2-4-17/h1-4,7-12,14,19H,5-6,15H2,(H,32,33,35). The van der Waals surface area contributed by atoms with Gasteiger partial charge in [-0.15, -0.1) is 13.2 Å². The molecular formula is C26H19F3N4O3. The van der Waals surface area contributed by atoms with Crippen LogP contribution >= 0.6 is 0 Å². The van der Waals surface area contributed by atoms with Crippen molar-refractivity contribution < 1.29 is 27.5 Å². The number of amides is 1. The van der Waals surface area contributed by atoms with Gasteiger partial charge in [0.2, 0.25) is 11.7 Å². The maximum atomic E-state index is 12.8. The lowest BCUT2D eigenvalue weighted by Crippen LogP contribution is -2.17. The van der Waals surface area contributed by atoms with E-state index in [9.17, 15) is 22.8 Å². The first-order valence-corrected chi connectivity index (χ1v) is 10.9. The molecule has 0 bridgehead atoms. The van der Waals surface area contributed by atoms with Crippen LogP contribution in [0.2, 0.25) is 0 Å². The second-order valence-electron chi connectivity index (χ2n) is 8.09. The van der Waals surface area contributed by atoms with Gasteiger partial charge in [-0.25, -0.2) is 4.98 Å². The van der Waals surface area contributed by atoms with Crippen LogP contribution in [0.1, 0.15) is 34.5 Å². The van der Waals surface area contributed by atoms with Crippen LogP contribution in [0.15, 0.2) is 65.7 Å². The van der Waals surface area contributed by atoms with Crippen LogP contribution in [0.25, 0.3) is 11.1 Å². The second kappa shape index (κ2) is 10.4. The Kier molecular flexibility index (Phi) is 7.10. The van der Waals surface area contributed by atoms with E-state index in [0.29, 0.717) is 22.3 Å². The minimum Gasteiger partial charge on any atom is -0.406 e. The molecule has 0 spiro atoms. The highest BCUT2D eigenvalue weighted by atomic mass is 19.4. The topological polar surface area (TPSA) is 104 Å². The number of benzene rings is 2. The molecule has 1 aliphatic rings. The fourth-order valence-corrected chi connectivity index (χ4v) is 3.29. The summed E-state index contributed by atoms with van der Waals surface area (Å²) in [6.07, 6.45) is -1.75. The van der Waals surface area contributed by atoms with Crippen molar-refractivity contribution in [2.24, 2.45) is 10.9 Å². The number of nitriles is 1. The largest absolute Gasteiger partial charge is 0.573 e. The molecule has 0 radical (unpaired) electrons. The van der Waals surface area contributed by atoms with Crippen molar-refractivity contribution in [3.8, 4) is 22.9 Å². The van der Waals surface area contributed by atoms with E-state index in [4.69, 9.17) is 5.26 Å². The number of aliphatic imine (C=N–C) groups is 1. The lowest BCUT2D eigenvalue weighted by Gasteiger charge is -2.11. The van der Waals surface area contributed by atoms with E-state index < -0.39 is 12.1 Å². The number of rotatable bonds is 8.